The summed E-state index contributed by atoms with van der Waals surface area (Å²) in [7, 11) is 0. The van der Waals surface area contributed by atoms with Gasteiger partial charge in [-0.05, 0) is 31.2 Å². The number of rotatable bonds is 3. The minimum Gasteiger partial charge on any atom is -0.481 e. The molecular formula is C14H14BrNO3. The van der Waals surface area contributed by atoms with Crippen LogP contribution in [0.15, 0.2) is 33.2 Å². The van der Waals surface area contributed by atoms with E-state index in [-0.39, 0.29) is 12.0 Å². The number of hydrogen-bond donors (Lipinski definition) is 1. The van der Waals surface area contributed by atoms with Crippen molar-refractivity contribution in [1.29, 1.82) is 0 Å². The quantitative estimate of drug-likeness (QED) is 0.941. The van der Waals surface area contributed by atoms with Crippen LogP contribution in [0.1, 0.15) is 18.7 Å². The van der Waals surface area contributed by atoms with Gasteiger partial charge in [0.1, 0.15) is 11.3 Å². The summed E-state index contributed by atoms with van der Waals surface area (Å²) >= 11 is 3.44. The number of nitrogens with zero attached hydrogens (tertiary/aromatic N) is 1. The Kier molecular flexibility index (Phi) is 3.11. The molecule has 19 heavy (non-hydrogen) atoms. The van der Waals surface area contributed by atoms with E-state index in [2.05, 4.69) is 20.8 Å². The summed E-state index contributed by atoms with van der Waals surface area (Å²) in [6.07, 6.45) is 0. The number of carbonyl (C=O) groups is 1. The Hall–Kier alpha value is -1.33. The molecule has 1 aromatic carbocycles. The fourth-order valence-corrected chi connectivity index (χ4v) is 2.78. The number of furan rings is 1. The number of halogens is 1. The second-order valence-corrected chi connectivity index (χ2v) is 5.91. The first-order valence-corrected chi connectivity index (χ1v) is 7.00. The molecule has 1 aliphatic heterocycles. The highest BCUT2D eigenvalue weighted by molar-refractivity contribution is 9.10. The zero-order valence-electron chi connectivity index (χ0n) is 10.5. The Morgan fingerprint density at radius 3 is 2.89 bits per heavy atom. The average molecular weight is 324 g/mol. The van der Waals surface area contributed by atoms with Crippen LogP contribution in [-0.4, -0.2) is 29.1 Å². The molecule has 1 aromatic heterocycles. The summed E-state index contributed by atoms with van der Waals surface area (Å²) in [5.41, 5.74) is 0.861. The summed E-state index contributed by atoms with van der Waals surface area (Å²) in [5, 5.41) is 9.95. The van der Waals surface area contributed by atoms with Crippen molar-refractivity contribution in [1.82, 2.24) is 4.90 Å². The summed E-state index contributed by atoms with van der Waals surface area (Å²) in [4.78, 5) is 12.9. The van der Waals surface area contributed by atoms with Crippen LogP contribution < -0.4 is 0 Å². The fraction of sp³-hybridized carbons (Fsp3) is 0.357. The molecule has 1 unspecified atom stereocenters. The Bertz CT molecular complexity index is 631. The molecule has 0 spiro atoms. The lowest BCUT2D eigenvalue weighted by Crippen LogP contribution is -2.51. The summed E-state index contributed by atoms with van der Waals surface area (Å²) in [6, 6.07) is 8.04. The fourth-order valence-electron chi connectivity index (χ4n) is 2.41. The van der Waals surface area contributed by atoms with E-state index in [1.54, 1.807) is 0 Å². The standard InChI is InChI=1S/C14H14BrNO3/c1-8(16-6-10(7-16)14(17)18)13-5-9-4-11(15)2-3-12(9)19-13/h2-5,8,10H,6-7H2,1H3,(H,17,18). The van der Waals surface area contributed by atoms with Crippen LogP contribution in [0.5, 0.6) is 0 Å². The first-order valence-electron chi connectivity index (χ1n) is 6.20. The zero-order chi connectivity index (χ0) is 13.6. The summed E-state index contributed by atoms with van der Waals surface area (Å²) < 4.78 is 6.85. The van der Waals surface area contributed by atoms with Gasteiger partial charge >= 0.3 is 5.97 Å². The molecule has 0 radical (unpaired) electrons. The molecule has 4 nitrogen and oxygen atoms in total. The topological polar surface area (TPSA) is 53.7 Å². The maximum atomic E-state index is 10.8. The van der Waals surface area contributed by atoms with E-state index < -0.39 is 5.97 Å². The second-order valence-electron chi connectivity index (χ2n) is 5.00. The van der Waals surface area contributed by atoms with Crippen LogP contribution in [0.4, 0.5) is 0 Å². The van der Waals surface area contributed by atoms with Gasteiger partial charge in [-0.1, -0.05) is 15.9 Å². The van der Waals surface area contributed by atoms with E-state index in [1.165, 1.54) is 0 Å². The molecule has 1 fully saturated rings. The molecule has 3 rings (SSSR count). The number of fused-ring (bicyclic) bond motifs is 1. The molecule has 0 saturated carbocycles. The minimum absolute atomic E-state index is 0.113. The van der Waals surface area contributed by atoms with Crippen molar-refractivity contribution in [3.63, 3.8) is 0 Å². The summed E-state index contributed by atoms with van der Waals surface area (Å²) in [6.45, 7) is 3.24. The number of likely N-dealkylation sites (tertiary alicyclic amines) is 1. The van der Waals surface area contributed by atoms with E-state index in [9.17, 15) is 4.79 Å². The highest BCUT2D eigenvalue weighted by Crippen LogP contribution is 2.32. The van der Waals surface area contributed by atoms with Crippen LogP contribution in [0, 0.1) is 5.92 Å². The Labute approximate surface area is 119 Å². The molecule has 0 bridgehead atoms. The van der Waals surface area contributed by atoms with Gasteiger partial charge in [-0.2, -0.15) is 0 Å². The third-order valence-corrected chi connectivity index (χ3v) is 4.21. The molecule has 1 atom stereocenters. The number of hydrogen-bond acceptors (Lipinski definition) is 3. The van der Waals surface area contributed by atoms with Gasteiger partial charge in [0.05, 0.1) is 12.0 Å². The van der Waals surface area contributed by atoms with Gasteiger partial charge in [0.25, 0.3) is 0 Å². The monoisotopic (exact) mass is 323 g/mol. The zero-order valence-corrected chi connectivity index (χ0v) is 12.1. The first kappa shape index (κ1) is 12.7. The van der Waals surface area contributed by atoms with E-state index in [0.717, 1.165) is 21.2 Å². The second kappa shape index (κ2) is 4.65. The highest BCUT2D eigenvalue weighted by atomic mass is 79.9. The van der Waals surface area contributed by atoms with E-state index >= 15 is 0 Å². The molecule has 2 aromatic rings. The van der Waals surface area contributed by atoms with E-state index in [4.69, 9.17) is 9.52 Å². The largest absolute Gasteiger partial charge is 0.481 e. The number of carboxylic acid groups (broad SMARTS) is 1. The number of aliphatic carboxylic acids is 1. The smallest absolute Gasteiger partial charge is 0.309 e. The van der Waals surface area contributed by atoms with Crippen molar-refractivity contribution >= 4 is 32.9 Å². The maximum absolute atomic E-state index is 10.8. The highest BCUT2D eigenvalue weighted by Gasteiger charge is 2.36. The Morgan fingerprint density at radius 2 is 2.21 bits per heavy atom. The predicted octanol–water partition coefficient (Wildman–Crippen LogP) is 3.27. The van der Waals surface area contributed by atoms with E-state index in [1.807, 2.05) is 31.2 Å². The lowest BCUT2D eigenvalue weighted by Gasteiger charge is -2.40. The van der Waals surface area contributed by atoms with Crippen LogP contribution >= 0.6 is 15.9 Å². The molecule has 0 amide bonds. The van der Waals surface area contributed by atoms with Crippen LogP contribution in [0.3, 0.4) is 0 Å². The van der Waals surface area contributed by atoms with Crippen molar-refractivity contribution in [3.8, 4) is 0 Å². The molecule has 5 heteroatoms. The molecule has 1 N–H and O–H groups in total. The molecular weight excluding hydrogens is 310 g/mol. The Balaban J connectivity index is 1.79. The van der Waals surface area contributed by atoms with Crippen molar-refractivity contribution in [2.75, 3.05) is 13.1 Å². The van der Waals surface area contributed by atoms with Crippen LogP contribution in [-0.2, 0) is 4.79 Å². The molecule has 100 valence electrons. The first-order chi connectivity index (χ1) is 9.04. The normalized spacial score (nSPS) is 18.4. The predicted molar refractivity (Wildman–Crippen MR) is 75.0 cm³/mol. The van der Waals surface area contributed by atoms with Gasteiger partial charge in [0.2, 0.25) is 0 Å². The molecule has 1 saturated heterocycles. The van der Waals surface area contributed by atoms with Crippen molar-refractivity contribution in [3.05, 3.63) is 34.5 Å². The van der Waals surface area contributed by atoms with Gasteiger partial charge in [-0.15, -0.1) is 0 Å². The van der Waals surface area contributed by atoms with Crippen LogP contribution in [0.25, 0.3) is 11.0 Å². The lowest BCUT2D eigenvalue weighted by molar-refractivity contribution is -0.148. The number of carboxylic acids is 1. The van der Waals surface area contributed by atoms with Gasteiger partial charge < -0.3 is 9.52 Å². The van der Waals surface area contributed by atoms with Crippen molar-refractivity contribution < 1.29 is 14.3 Å². The van der Waals surface area contributed by atoms with Gasteiger partial charge in [-0.25, -0.2) is 0 Å². The van der Waals surface area contributed by atoms with Gasteiger partial charge in [0.15, 0.2) is 0 Å². The van der Waals surface area contributed by atoms with Crippen molar-refractivity contribution in [2.24, 2.45) is 5.92 Å². The lowest BCUT2D eigenvalue weighted by atomic mass is 9.97. The van der Waals surface area contributed by atoms with Crippen molar-refractivity contribution in [2.45, 2.75) is 13.0 Å². The molecule has 0 aliphatic carbocycles. The average Bonchev–Trinajstić information content (AvgIpc) is 2.68. The SMILES string of the molecule is CC(c1cc2cc(Br)ccc2o1)N1CC(C(=O)O)C1. The van der Waals surface area contributed by atoms with Crippen LogP contribution in [0.2, 0.25) is 0 Å². The molecule has 1 aliphatic rings. The Morgan fingerprint density at radius 1 is 1.47 bits per heavy atom. The maximum Gasteiger partial charge on any atom is 0.309 e. The molecule has 2 heterocycles. The van der Waals surface area contributed by atoms with Gasteiger partial charge in [0, 0.05) is 22.9 Å². The minimum atomic E-state index is -0.711. The summed E-state index contributed by atoms with van der Waals surface area (Å²) in [5.74, 6) is -0.0603. The third-order valence-electron chi connectivity index (χ3n) is 3.72. The third kappa shape index (κ3) is 2.28. The number of benzene rings is 1. The van der Waals surface area contributed by atoms with Gasteiger partial charge in [-0.3, -0.25) is 9.69 Å². The van der Waals surface area contributed by atoms with E-state index in [0.29, 0.717) is 13.1 Å².